The van der Waals surface area contributed by atoms with Crippen molar-refractivity contribution in [3.8, 4) is 0 Å². The molecule has 2 aromatic rings. The van der Waals surface area contributed by atoms with Gasteiger partial charge in [-0.3, -0.25) is 18.7 Å². The van der Waals surface area contributed by atoms with Crippen LogP contribution in [0, 0.1) is 11.6 Å². The second kappa shape index (κ2) is 6.60. The van der Waals surface area contributed by atoms with E-state index in [1.165, 1.54) is 27.1 Å². The lowest BCUT2D eigenvalue weighted by Gasteiger charge is -2.14. The molecule has 0 saturated heterocycles. The van der Waals surface area contributed by atoms with Gasteiger partial charge in [0.25, 0.3) is 5.56 Å². The minimum absolute atomic E-state index is 0.0671. The SMILES string of the molecule is CC(Sc1ccc(F)cc1F)C(=O)c1c(N)n(C)c(=O)n(C)c1=O. The number of hydrogen-bond acceptors (Lipinski definition) is 5. The van der Waals surface area contributed by atoms with Crippen LogP contribution < -0.4 is 17.0 Å². The van der Waals surface area contributed by atoms with E-state index in [2.05, 4.69) is 0 Å². The summed E-state index contributed by atoms with van der Waals surface area (Å²) in [6, 6.07) is 2.99. The molecule has 24 heavy (non-hydrogen) atoms. The first-order valence-corrected chi connectivity index (χ1v) is 7.74. The topological polar surface area (TPSA) is 87.1 Å². The first-order valence-electron chi connectivity index (χ1n) is 6.86. The molecule has 0 fully saturated rings. The molecule has 1 aromatic carbocycles. The lowest BCUT2D eigenvalue weighted by Crippen LogP contribution is -2.42. The van der Waals surface area contributed by atoms with E-state index in [9.17, 15) is 23.2 Å². The van der Waals surface area contributed by atoms with E-state index in [0.29, 0.717) is 6.07 Å². The summed E-state index contributed by atoms with van der Waals surface area (Å²) < 4.78 is 28.4. The number of rotatable bonds is 4. The number of hydrogen-bond donors (Lipinski definition) is 1. The molecule has 0 radical (unpaired) electrons. The molecule has 0 amide bonds. The van der Waals surface area contributed by atoms with Crippen molar-refractivity contribution in [1.82, 2.24) is 9.13 Å². The van der Waals surface area contributed by atoms with Crippen LogP contribution in [-0.4, -0.2) is 20.2 Å². The lowest BCUT2D eigenvalue weighted by atomic mass is 10.1. The van der Waals surface area contributed by atoms with E-state index in [4.69, 9.17) is 5.73 Å². The molecule has 1 atom stereocenters. The van der Waals surface area contributed by atoms with Crippen molar-refractivity contribution >= 4 is 23.4 Å². The van der Waals surface area contributed by atoms with Gasteiger partial charge in [0.15, 0.2) is 5.78 Å². The van der Waals surface area contributed by atoms with Crippen molar-refractivity contribution < 1.29 is 13.6 Å². The number of anilines is 1. The van der Waals surface area contributed by atoms with E-state index in [0.717, 1.165) is 27.0 Å². The fourth-order valence-electron chi connectivity index (χ4n) is 2.11. The van der Waals surface area contributed by atoms with Crippen LogP contribution in [0.5, 0.6) is 0 Å². The first-order chi connectivity index (χ1) is 11.1. The molecule has 0 saturated carbocycles. The highest BCUT2D eigenvalue weighted by atomic mass is 32.2. The van der Waals surface area contributed by atoms with Crippen LogP contribution in [0.25, 0.3) is 0 Å². The van der Waals surface area contributed by atoms with Gasteiger partial charge in [0, 0.05) is 25.1 Å². The first kappa shape index (κ1) is 17.9. The predicted molar refractivity (Wildman–Crippen MR) is 87.3 cm³/mol. The number of nitrogen functional groups attached to an aromatic ring is 1. The average molecular weight is 355 g/mol. The van der Waals surface area contributed by atoms with Gasteiger partial charge < -0.3 is 5.73 Å². The molecule has 0 aliphatic heterocycles. The highest BCUT2D eigenvalue weighted by molar-refractivity contribution is 8.00. The molecule has 128 valence electrons. The number of aromatic nitrogens is 2. The second-order valence-corrected chi connectivity index (χ2v) is 6.55. The van der Waals surface area contributed by atoms with Crippen molar-refractivity contribution in [3.05, 3.63) is 56.2 Å². The van der Waals surface area contributed by atoms with E-state index < -0.39 is 33.9 Å². The van der Waals surface area contributed by atoms with Crippen LogP contribution in [0.4, 0.5) is 14.6 Å². The second-order valence-electron chi connectivity index (χ2n) is 5.17. The summed E-state index contributed by atoms with van der Waals surface area (Å²) in [4.78, 5) is 36.6. The van der Waals surface area contributed by atoms with Gasteiger partial charge in [0.2, 0.25) is 0 Å². The normalized spacial score (nSPS) is 12.2. The summed E-state index contributed by atoms with van der Waals surface area (Å²) in [7, 11) is 2.57. The van der Waals surface area contributed by atoms with Gasteiger partial charge in [-0.1, -0.05) is 0 Å². The third-order valence-electron chi connectivity index (χ3n) is 3.52. The maximum absolute atomic E-state index is 13.7. The smallest absolute Gasteiger partial charge is 0.332 e. The third kappa shape index (κ3) is 3.12. The summed E-state index contributed by atoms with van der Waals surface area (Å²) in [5.74, 6) is -2.43. The Morgan fingerprint density at radius 2 is 1.83 bits per heavy atom. The number of carbonyl (C=O) groups excluding carboxylic acids is 1. The van der Waals surface area contributed by atoms with Gasteiger partial charge >= 0.3 is 5.69 Å². The molecule has 1 heterocycles. The van der Waals surface area contributed by atoms with Crippen LogP contribution >= 0.6 is 11.8 Å². The van der Waals surface area contributed by atoms with E-state index in [-0.39, 0.29) is 16.3 Å². The summed E-state index contributed by atoms with van der Waals surface area (Å²) in [6.45, 7) is 1.47. The monoisotopic (exact) mass is 355 g/mol. The third-order valence-corrected chi connectivity index (χ3v) is 4.68. The van der Waals surface area contributed by atoms with Gasteiger partial charge in [-0.2, -0.15) is 0 Å². The van der Waals surface area contributed by atoms with Crippen molar-refractivity contribution in [2.45, 2.75) is 17.1 Å². The highest BCUT2D eigenvalue weighted by Crippen LogP contribution is 2.28. The average Bonchev–Trinajstić information content (AvgIpc) is 2.53. The molecule has 2 N–H and O–H groups in total. The maximum Gasteiger partial charge on any atom is 0.332 e. The maximum atomic E-state index is 13.7. The van der Waals surface area contributed by atoms with Gasteiger partial charge in [0.05, 0.1) is 5.25 Å². The van der Waals surface area contributed by atoms with Crippen LogP contribution in [0.3, 0.4) is 0 Å². The minimum atomic E-state index is -0.863. The van der Waals surface area contributed by atoms with E-state index in [1.54, 1.807) is 0 Å². The highest BCUT2D eigenvalue weighted by Gasteiger charge is 2.26. The Balaban J connectivity index is 2.42. The minimum Gasteiger partial charge on any atom is -0.384 e. The predicted octanol–water partition coefficient (Wildman–Crippen LogP) is 1.31. The molecule has 2 rings (SSSR count). The van der Waals surface area contributed by atoms with Crippen molar-refractivity contribution in [2.24, 2.45) is 14.1 Å². The number of Topliss-reactive ketones (excluding diaryl/α,β-unsaturated/α-hetero) is 1. The number of nitrogens with two attached hydrogens (primary N) is 1. The van der Waals surface area contributed by atoms with Gasteiger partial charge in [0.1, 0.15) is 23.0 Å². The summed E-state index contributed by atoms with van der Waals surface area (Å²) in [6.07, 6.45) is 0. The number of ketones is 1. The Hall–Kier alpha value is -2.42. The number of nitrogens with zero attached hydrogens (tertiary/aromatic N) is 2. The van der Waals surface area contributed by atoms with Crippen LogP contribution in [-0.2, 0) is 14.1 Å². The Morgan fingerprint density at radius 1 is 1.21 bits per heavy atom. The van der Waals surface area contributed by atoms with Crippen molar-refractivity contribution in [3.63, 3.8) is 0 Å². The zero-order valence-electron chi connectivity index (χ0n) is 13.2. The molecular weight excluding hydrogens is 340 g/mol. The summed E-state index contributed by atoms with van der Waals surface area (Å²) >= 11 is 0.833. The standard InChI is InChI=1S/C15H15F2N3O3S/c1-7(24-10-5-4-8(16)6-9(10)17)12(21)11-13(18)19(2)15(23)20(3)14(11)22/h4-7H,18H2,1-3H3. The van der Waals surface area contributed by atoms with Gasteiger partial charge in [-0.25, -0.2) is 13.6 Å². The molecule has 1 unspecified atom stereocenters. The molecule has 6 nitrogen and oxygen atoms in total. The number of thioether (sulfide) groups is 1. The van der Waals surface area contributed by atoms with E-state index in [1.807, 2.05) is 0 Å². The fraction of sp³-hybridized carbons (Fsp3) is 0.267. The molecule has 0 aliphatic carbocycles. The summed E-state index contributed by atoms with van der Waals surface area (Å²) in [5, 5.41) is -0.863. The molecule has 1 aromatic heterocycles. The molecule has 0 bridgehead atoms. The van der Waals surface area contributed by atoms with Crippen LogP contribution in [0.2, 0.25) is 0 Å². The Bertz CT molecular complexity index is 937. The summed E-state index contributed by atoms with van der Waals surface area (Å²) in [5.41, 5.74) is 3.93. The molecule has 9 heteroatoms. The van der Waals surface area contributed by atoms with Gasteiger partial charge in [-0.05, 0) is 19.1 Å². The van der Waals surface area contributed by atoms with Crippen molar-refractivity contribution in [2.75, 3.05) is 5.73 Å². The Morgan fingerprint density at radius 3 is 2.42 bits per heavy atom. The Labute approximate surface area is 139 Å². The number of benzene rings is 1. The number of carbonyl (C=O) groups is 1. The zero-order chi connectivity index (χ0) is 18.2. The van der Waals surface area contributed by atoms with Crippen molar-refractivity contribution in [1.29, 1.82) is 0 Å². The van der Waals surface area contributed by atoms with Crippen LogP contribution in [0.1, 0.15) is 17.3 Å². The molecular formula is C15H15F2N3O3S. The number of halogens is 2. The fourth-order valence-corrected chi connectivity index (χ4v) is 3.03. The largest absolute Gasteiger partial charge is 0.384 e. The zero-order valence-corrected chi connectivity index (χ0v) is 14.0. The van der Waals surface area contributed by atoms with Gasteiger partial charge in [-0.15, -0.1) is 11.8 Å². The Kier molecular flexibility index (Phi) is 4.93. The lowest BCUT2D eigenvalue weighted by molar-refractivity contribution is 0.0992. The quantitative estimate of drug-likeness (QED) is 0.660. The molecule has 0 aliphatic rings. The molecule has 0 spiro atoms. The van der Waals surface area contributed by atoms with Crippen LogP contribution in [0.15, 0.2) is 32.7 Å². The van der Waals surface area contributed by atoms with E-state index >= 15 is 0 Å².